The Morgan fingerprint density at radius 3 is 2.47 bits per heavy atom. The summed E-state index contributed by atoms with van der Waals surface area (Å²) in [7, 11) is 0. The third-order valence-electron chi connectivity index (χ3n) is 2.53. The van der Waals surface area contributed by atoms with E-state index in [-0.39, 0.29) is 34.2 Å². The molecule has 0 bridgehead atoms. The summed E-state index contributed by atoms with van der Waals surface area (Å²) in [4.78, 5) is 27.7. The number of carboxylic acids is 1. The molecule has 0 amide bonds. The summed E-state index contributed by atoms with van der Waals surface area (Å²) in [5.41, 5.74) is 0.285. The van der Waals surface area contributed by atoms with E-state index in [2.05, 4.69) is 0 Å². The minimum Gasteiger partial charge on any atom is -0.478 e. The van der Waals surface area contributed by atoms with Crippen LogP contribution in [0.1, 0.15) is 20.7 Å². The Labute approximate surface area is 126 Å². The largest absolute Gasteiger partial charge is 0.478 e. The standard InChI is InChI=1S/C12H13NO5.Mg.2H/c14-11(15)9-2-1-3-10(8-9)12(16)18-13-4-6-17-7-5-13;;;/h1-3,8H,4-7H2,(H,14,15);;;. The zero-order valence-corrected chi connectivity index (χ0v) is 9.67. The Morgan fingerprint density at radius 2 is 1.84 bits per heavy atom. The predicted octanol–water partition coefficient (Wildman–Crippen LogP) is -0.127. The Morgan fingerprint density at radius 1 is 1.21 bits per heavy atom. The van der Waals surface area contributed by atoms with Gasteiger partial charge in [0.15, 0.2) is 0 Å². The number of ether oxygens (including phenoxy) is 1. The maximum atomic E-state index is 11.8. The predicted molar refractivity (Wildman–Crippen MR) is 69.8 cm³/mol. The first-order valence-electron chi connectivity index (χ1n) is 5.55. The summed E-state index contributed by atoms with van der Waals surface area (Å²) in [6.45, 7) is 2.07. The van der Waals surface area contributed by atoms with Crippen LogP contribution < -0.4 is 0 Å². The van der Waals surface area contributed by atoms with Crippen molar-refractivity contribution in [1.82, 2.24) is 5.06 Å². The molecule has 1 aliphatic rings. The first-order chi connectivity index (χ1) is 8.66. The van der Waals surface area contributed by atoms with Crippen LogP contribution in [0.5, 0.6) is 0 Å². The number of carbonyl (C=O) groups is 2. The van der Waals surface area contributed by atoms with Crippen molar-refractivity contribution in [3.05, 3.63) is 35.4 Å². The van der Waals surface area contributed by atoms with Crippen LogP contribution in [0.25, 0.3) is 0 Å². The number of hydroxylamine groups is 2. The molecular formula is C12H15MgNO5. The summed E-state index contributed by atoms with van der Waals surface area (Å²) >= 11 is 0. The Bertz CT molecular complexity index is 459. The highest BCUT2D eigenvalue weighted by Gasteiger charge is 2.17. The lowest BCUT2D eigenvalue weighted by atomic mass is 10.1. The lowest BCUT2D eigenvalue weighted by Gasteiger charge is -2.24. The van der Waals surface area contributed by atoms with E-state index < -0.39 is 11.9 Å². The van der Waals surface area contributed by atoms with Gasteiger partial charge in [-0.05, 0) is 18.2 Å². The summed E-state index contributed by atoms with van der Waals surface area (Å²) in [6, 6.07) is 5.76. The average molecular weight is 278 g/mol. The molecule has 0 spiro atoms. The average Bonchev–Trinajstić information content (AvgIpc) is 2.40. The maximum absolute atomic E-state index is 11.8. The molecule has 0 unspecified atom stereocenters. The number of hydrogen-bond acceptors (Lipinski definition) is 5. The molecule has 1 N–H and O–H groups in total. The van der Waals surface area contributed by atoms with Gasteiger partial charge < -0.3 is 14.7 Å². The van der Waals surface area contributed by atoms with Crippen LogP contribution in [-0.4, -0.2) is 71.5 Å². The fourth-order valence-electron chi connectivity index (χ4n) is 1.59. The molecule has 2 rings (SSSR count). The van der Waals surface area contributed by atoms with E-state index in [0.29, 0.717) is 26.3 Å². The van der Waals surface area contributed by atoms with Crippen LogP contribution in [0.15, 0.2) is 24.3 Å². The SMILES string of the molecule is O=C(O)c1cccc(C(=O)ON2CCOCC2)c1.[MgH2]. The van der Waals surface area contributed by atoms with Gasteiger partial charge in [0.1, 0.15) is 0 Å². The Balaban J connectivity index is 0.00000180. The van der Waals surface area contributed by atoms with Crippen molar-refractivity contribution in [2.24, 2.45) is 0 Å². The monoisotopic (exact) mass is 277 g/mol. The van der Waals surface area contributed by atoms with Crippen molar-refractivity contribution >= 4 is 35.0 Å². The van der Waals surface area contributed by atoms with Crippen LogP contribution in [0, 0.1) is 0 Å². The fraction of sp³-hybridized carbons (Fsp3) is 0.333. The van der Waals surface area contributed by atoms with Gasteiger partial charge in [0.05, 0.1) is 37.4 Å². The van der Waals surface area contributed by atoms with Gasteiger partial charge in [0.25, 0.3) is 0 Å². The van der Waals surface area contributed by atoms with Gasteiger partial charge in [-0.3, -0.25) is 0 Å². The number of carboxylic acid groups (broad SMARTS) is 1. The first kappa shape index (κ1) is 15.9. The lowest BCUT2D eigenvalue weighted by molar-refractivity contribution is -0.150. The number of aromatic carboxylic acids is 1. The van der Waals surface area contributed by atoms with Gasteiger partial charge in [-0.1, -0.05) is 6.07 Å². The molecular weight excluding hydrogens is 262 g/mol. The van der Waals surface area contributed by atoms with Crippen LogP contribution in [0.3, 0.4) is 0 Å². The molecule has 0 radical (unpaired) electrons. The second-order valence-corrected chi connectivity index (χ2v) is 3.81. The summed E-state index contributed by atoms with van der Waals surface area (Å²) in [5.74, 6) is -1.63. The molecule has 1 saturated heterocycles. The van der Waals surface area contributed by atoms with Gasteiger partial charge in [-0.25, -0.2) is 9.59 Å². The third kappa shape index (κ3) is 4.46. The quantitative estimate of drug-likeness (QED) is 0.776. The molecule has 1 fully saturated rings. The molecule has 1 aromatic rings. The molecule has 7 heteroatoms. The highest BCUT2D eigenvalue weighted by Crippen LogP contribution is 2.09. The topological polar surface area (TPSA) is 76.1 Å². The molecule has 6 nitrogen and oxygen atoms in total. The molecule has 1 aromatic carbocycles. The van der Waals surface area contributed by atoms with E-state index in [1.165, 1.54) is 29.3 Å². The van der Waals surface area contributed by atoms with Crippen molar-refractivity contribution < 1.29 is 24.3 Å². The van der Waals surface area contributed by atoms with Crippen LogP contribution in [-0.2, 0) is 9.57 Å². The minimum atomic E-state index is -1.07. The molecule has 19 heavy (non-hydrogen) atoms. The number of benzene rings is 1. The Kier molecular flexibility index (Phi) is 6.23. The minimum absolute atomic E-state index is 0. The second-order valence-electron chi connectivity index (χ2n) is 3.81. The zero-order valence-electron chi connectivity index (χ0n) is 9.67. The van der Waals surface area contributed by atoms with E-state index in [1.54, 1.807) is 0 Å². The normalized spacial score (nSPS) is 15.4. The number of rotatable bonds is 3. The van der Waals surface area contributed by atoms with E-state index in [1.807, 2.05) is 0 Å². The van der Waals surface area contributed by atoms with Crippen molar-refractivity contribution in [2.75, 3.05) is 26.3 Å². The van der Waals surface area contributed by atoms with E-state index in [9.17, 15) is 9.59 Å². The summed E-state index contributed by atoms with van der Waals surface area (Å²) in [6.07, 6.45) is 0. The van der Waals surface area contributed by atoms with E-state index in [4.69, 9.17) is 14.7 Å². The Hall–Kier alpha value is -1.15. The summed E-state index contributed by atoms with van der Waals surface area (Å²) in [5, 5.41) is 10.3. The number of hydrogen-bond donors (Lipinski definition) is 1. The highest BCUT2D eigenvalue weighted by atomic mass is 24.3. The third-order valence-corrected chi connectivity index (χ3v) is 2.53. The van der Waals surface area contributed by atoms with E-state index in [0.717, 1.165) is 0 Å². The number of nitrogens with zero attached hydrogens (tertiary/aromatic N) is 1. The van der Waals surface area contributed by atoms with E-state index >= 15 is 0 Å². The smallest absolute Gasteiger partial charge is 0.357 e. The van der Waals surface area contributed by atoms with Gasteiger partial charge in [-0.2, -0.15) is 0 Å². The zero-order chi connectivity index (χ0) is 13.0. The summed E-state index contributed by atoms with van der Waals surface area (Å²) < 4.78 is 5.13. The molecule has 0 atom stereocenters. The lowest BCUT2D eigenvalue weighted by Crippen LogP contribution is -2.37. The first-order valence-corrected chi connectivity index (χ1v) is 5.55. The molecule has 0 aliphatic carbocycles. The second kappa shape index (κ2) is 7.44. The molecule has 0 aromatic heterocycles. The van der Waals surface area contributed by atoms with Crippen molar-refractivity contribution in [3.63, 3.8) is 0 Å². The van der Waals surface area contributed by atoms with Gasteiger partial charge in [0.2, 0.25) is 0 Å². The maximum Gasteiger partial charge on any atom is 0.357 e. The van der Waals surface area contributed by atoms with Crippen molar-refractivity contribution in [3.8, 4) is 0 Å². The highest BCUT2D eigenvalue weighted by molar-refractivity contribution is 5.94. The molecule has 0 saturated carbocycles. The van der Waals surface area contributed by atoms with Crippen molar-refractivity contribution in [1.29, 1.82) is 0 Å². The fourth-order valence-corrected chi connectivity index (χ4v) is 1.59. The van der Waals surface area contributed by atoms with Crippen LogP contribution >= 0.6 is 0 Å². The molecule has 1 aliphatic heterocycles. The van der Waals surface area contributed by atoms with Gasteiger partial charge in [0, 0.05) is 0 Å². The number of carbonyl (C=O) groups excluding carboxylic acids is 1. The molecule has 100 valence electrons. The molecule has 1 heterocycles. The van der Waals surface area contributed by atoms with Crippen LogP contribution in [0.4, 0.5) is 0 Å². The van der Waals surface area contributed by atoms with Crippen molar-refractivity contribution in [2.45, 2.75) is 0 Å². The van der Waals surface area contributed by atoms with Crippen LogP contribution in [0.2, 0.25) is 0 Å². The number of morpholine rings is 1. The van der Waals surface area contributed by atoms with Gasteiger partial charge in [-0.15, -0.1) is 5.06 Å². The van der Waals surface area contributed by atoms with Gasteiger partial charge >= 0.3 is 35.0 Å².